The summed E-state index contributed by atoms with van der Waals surface area (Å²) >= 11 is 1.25. The molecular weight excluding hydrogens is 302 g/mol. The fraction of sp³-hybridized carbons (Fsp3) is 0.133. The van der Waals surface area contributed by atoms with Gasteiger partial charge in [-0.05, 0) is 18.2 Å². The van der Waals surface area contributed by atoms with Crippen LogP contribution in [-0.4, -0.2) is 28.6 Å². The van der Waals surface area contributed by atoms with Crippen LogP contribution < -0.4 is 5.43 Å². The molecule has 7 heteroatoms. The maximum absolute atomic E-state index is 11.1. The molecule has 0 amide bonds. The second-order valence-electron chi connectivity index (χ2n) is 4.29. The summed E-state index contributed by atoms with van der Waals surface area (Å²) in [6, 6.07) is 14.3. The van der Waals surface area contributed by atoms with Crippen molar-refractivity contribution in [2.24, 2.45) is 5.10 Å². The van der Waals surface area contributed by atoms with Crippen molar-refractivity contribution in [2.75, 3.05) is 17.8 Å². The number of aliphatic hydroxyl groups excluding tert-OH is 1. The molecule has 0 heterocycles. The SMILES string of the molecule is O=[N+]([O-])c1cc(C=NNc2ccccc2)ccc1SCCO. The molecule has 0 bridgehead atoms. The number of nitro groups is 1. The van der Waals surface area contributed by atoms with Crippen LogP contribution in [0.1, 0.15) is 5.56 Å². The van der Waals surface area contributed by atoms with E-state index >= 15 is 0 Å². The van der Waals surface area contributed by atoms with Crippen molar-refractivity contribution in [3.8, 4) is 0 Å². The Kier molecular flexibility index (Phi) is 5.93. The van der Waals surface area contributed by atoms with Crippen LogP contribution in [0.15, 0.2) is 58.5 Å². The topological polar surface area (TPSA) is 87.8 Å². The molecule has 6 nitrogen and oxygen atoms in total. The summed E-state index contributed by atoms with van der Waals surface area (Å²) < 4.78 is 0. The molecule has 2 N–H and O–H groups in total. The maximum atomic E-state index is 11.1. The van der Waals surface area contributed by atoms with Gasteiger partial charge in [0.25, 0.3) is 5.69 Å². The summed E-state index contributed by atoms with van der Waals surface area (Å²) in [7, 11) is 0. The van der Waals surface area contributed by atoms with Crippen molar-refractivity contribution in [1.82, 2.24) is 0 Å². The van der Waals surface area contributed by atoms with Crippen LogP contribution in [0.4, 0.5) is 11.4 Å². The number of hydrogen-bond donors (Lipinski definition) is 2. The summed E-state index contributed by atoms with van der Waals surface area (Å²) in [6.45, 7) is -0.0218. The highest BCUT2D eigenvalue weighted by molar-refractivity contribution is 7.99. The summed E-state index contributed by atoms with van der Waals surface area (Å²) in [5, 5.41) is 24.0. The van der Waals surface area contributed by atoms with Crippen molar-refractivity contribution in [1.29, 1.82) is 0 Å². The summed E-state index contributed by atoms with van der Waals surface area (Å²) in [5.74, 6) is 0.420. The molecule has 0 saturated heterocycles. The standard InChI is InChI=1S/C15H15N3O3S/c19-8-9-22-15-7-6-12(10-14(15)18(20)21)11-16-17-13-4-2-1-3-5-13/h1-7,10-11,17,19H,8-9H2. The van der Waals surface area contributed by atoms with Gasteiger partial charge in [-0.15, -0.1) is 11.8 Å². The lowest BCUT2D eigenvalue weighted by atomic mass is 10.2. The van der Waals surface area contributed by atoms with Gasteiger partial charge in [-0.3, -0.25) is 15.5 Å². The van der Waals surface area contributed by atoms with Crippen molar-refractivity contribution in [2.45, 2.75) is 4.90 Å². The van der Waals surface area contributed by atoms with Crippen LogP contribution in [0.25, 0.3) is 0 Å². The van der Waals surface area contributed by atoms with E-state index in [1.807, 2.05) is 30.3 Å². The molecule has 2 rings (SSSR count). The van der Waals surface area contributed by atoms with E-state index in [0.717, 1.165) is 5.69 Å². The molecule has 0 unspecified atom stereocenters. The first-order chi connectivity index (χ1) is 10.7. The van der Waals surface area contributed by atoms with Gasteiger partial charge in [-0.2, -0.15) is 5.10 Å². The van der Waals surface area contributed by atoms with Crippen molar-refractivity contribution >= 4 is 29.4 Å². The van der Waals surface area contributed by atoms with Gasteiger partial charge in [0, 0.05) is 17.4 Å². The van der Waals surface area contributed by atoms with E-state index in [1.54, 1.807) is 12.1 Å². The Labute approximate surface area is 132 Å². The lowest BCUT2D eigenvalue weighted by Crippen LogP contribution is -1.96. The predicted octanol–water partition coefficient (Wildman–Crippen LogP) is 3.13. The molecule has 0 radical (unpaired) electrons. The predicted molar refractivity (Wildman–Crippen MR) is 88.6 cm³/mol. The van der Waals surface area contributed by atoms with E-state index in [2.05, 4.69) is 10.5 Å². The van der Waals surface area contributed by atoms with Crippen LogP contribution in [0.2, 0.25) is 0 Å². The van der Waals surface area contributed by atoms with Crippen LogP contribution >= 0.6 is 11.8 Å². The molecule has 0 aliphatic heterocycles. The molecule has 114 valence electrons. The molecule has 0 atom stereocenters. The Balaban J connectivity index is 2.11. The second kappa shape index (κ2) is 8.16. The minimum Gasteiger partial charge on any atom is -0.396 e. The summed E-state index contributed by atoms with van der Waals surface area (Å²) in [6.07, 6.45) is 1.53. The highest BCUT2D eigenvalue weighted by Gasteiger charge is 2.14. The van der Waals surface area contributed by atoms with Gasteiger partial charge < -0.3 is 5.11 Å². The second-order valence-corrected chi connectivity index (χ2v) is 5.43. The fourth-order valence-electron chi connectivity index (χ4n) is 1.73. The zero-order valence-electron chi connectivity index (χ0n) is 11.7. The molecule has 0 fully saturated rings. The Morgan fingerprint density at radius 3 is 2.73 bits per heavy atom. The minimum atomic E-state index is -0.429. The molecule has 0 aromatic heterocycles. The van der Waals surface area contributed by atoms with Crippen molar-refractivity contribution in [3.05, 3.63) is 64.2 Å². The largest absolute Gasteiger partial charge is 0.396 e. The minimum absolute atomic E-state index is 0.0158. The van der Waals surface area contributed by atoms with E-state index in [9.17, 15) is 10.1 Å². The van der Waals surface area contributed by atoms with Crippen LogP contribution in [0.3, 0.4) is 0 Å². The smallest absolute Gasteiger partial charge is 0.283 e. The average Bonchev–Trinajstić information content (AvgIpc) is 2.54. The van der Waals surface area contributed by atoms with E-state index in [4.69, 9.17) is 5.11 Å². The van der Waals surface area contributed by atoms with Gasteiger partial charge in [0.2, 0.25) is 0 Å². The van der Waals surface area contributed by atoms with Gasteiger partial charge in [0.1, 0.15) is 0 Å². The average molecular weight is 317 g/mol. The number of aliphatic hydroxyl groups is 1. The van der Waals surface area contributed by atoms with Gasteiger partial charge in [-0.1, -0.05) is 24.3 Å². The number of benzene rings is 2. The third-order valence-electron chi connectivity index (χ3n) is 2.71. The molecule has 0 aliphatic carbocycles. The number of hydrazone groups is 1. The van der Waals surface area contributed by atoms with Gasteiger partial charge in [-0.25, -0.2) is 0 Å². The van der Waals surface area contributed by atoms with E-state index in [0.29, 0.717) is 16.2 Å². The number of anilines is 1. The molecule has 2 aromatic carbocycles. The molecular formula is C15H15N3O3S. The van der Waals surface area contributed by atoms with E-state index < -0.39 is 4.92 Å². The van der Waals surface area contributed by atoms with Crippen LogP contribution in [0, 0.1) is 10.1 Å². The highest BCUT2D eigenvalue weighted by atomic mass is 32.2. The highest BCUT2D eigenvalue weighted by Crippen LogP contribution is 2.29. The van der Waals surface area contributed by atoms with Gasteiger partial charge in [0.05, 0.1) is 28.3 Å². The molecule has 0 spiro atoms. The Bertz CT molecular complexity index is 662. The Morgan fingerprint density at radius 1 is 1.27 bits per heavy atom. The lowest BCUT2D eigenvalue weighted by Gasteiger charge is -2.03. The molecule has 0 saturated carbocycles. The zero-order chi connectivity index (χ0) is 15.8. The number of rotatable bonds is 7. The van der Waals surface area contributed by atoms with Crippen LogP contribution in [0.5, 0.6) is 0 Å². The monoisotopic (exact) mass is 317 g/mol. The van der Waals surface area contributed by atoms with Crippen molar-refractivity contribution in [3.63, 3.8) is 0 Å². The molecule has 2 aromatic rings. The van der Waals surface area contributed by atoms with Crippen molar-refractivity contribution < 1.29 is 10.0 Å². The Morgan fingerprint density at radius 2 is 2.05 bits per heavy atom. The lowest BCUT2D eigenvalue weighted by molar-refractivity contribution is -0.387. The fourth-order valence-corrected chi connectivity index (χ4v) is 2.49. The quantitative estimate of drug-likeness (QED) is 0.354. The first-order valence-corrected chi connectivity index (χ1v) is 7.55. The third-order valence-corrected chi connectivity index (χ3v) is 3.75. The first-order valence-electron chi connectivity index (χ1n) is 6.57. The molecule has 22 heavy (non-hydrogen) atoms. The number of para-hydroxylation sites is 1. The maximum Gasteiger partial charge on any atom is 0.283 e. The number of nitrogens with one attached hydrogen (secondary N) is 1. The summed E-state index contributed by atoms with van der Waals surface area (Å²) in [4.78, 5) is 11.2. The van der Waals surface area contributed by atoms with Gasteiger partial charge in [0.15, 0.2) is 0 Å². The number of hydrogen-bond acceptors (Lipinski definition) is 6. The summed E-state index contributed by atoms with van der Waals surface area (Å²) in [5.41, 5.74) is 4.33. The van der Waals surface area contributed by atoms with E-state index in [-0.39, 0.29) is 12.3 Å². The number of nitrogens with zero attached hydrogens (tertiary/aromatic N) is 2. The molecule has 0 aliphatic rings. The van der Waals surface area contributed by atoms with Crippen LogP contribution in [-0.2, 0) is 0 Å². The van der Waals surface area contributed by atoms with E-state index in [1.165, 1.54) is 24.0 Å². The Hall–Kier alpha value is -2.38. The normalized spacial score (nSPS) is 10.8. The number of nitro benzene ring substituents is 1. The third kappa shape index (κ3) is 4.57. The number of thioether (sulfide) groups is 1. The zero-order valence-corrected chi connectivity index (χ0v) is 12.5. The van der Waals surface area contributed by atoms with Gasteiger partial charge >= 0.3 is 0 Å². The first kappa shape index (κ1) is 16.0.